The predicted octanol–water partition coefficient (Wildman–Crippen LogP) is 3.62. The van der Waals surface area contributed by atoms with Crippen molar-refractivity contribution in [1.29, 1.82) is 0 Å². The molecular weight excluding hydrogens is 310 g/mol. The zero-order valence-electron chi connectivity index (χ0n) is 13.2. The van der Waals surface area contributed by atoms with Crippen LogP contribution in [0.2, 0.25) is 0 Å². The molecule has 3 rings (SSSR count). The third-order valence-electron chi connectivity index (χ3n) is 3.38. The highest BCUT2D eigenvalue weighted by Crippen LogP contribution is 2.21. The summed E-state index contributed by atoms with van der Waals surface area (Å²) in [6.07, 6.45) is 0. The van der Waals surface area contributed by atoms with E-state index in [9.17, 15) is 0 Å². The fourth-order valence-corrected chi connectivity index (χ4v) is 2.74. The van der Waals surface area contributed by atoms with E-state index in [1.807, 2.05) is 48.8 Å². The van der Waals surface area contributed by atoms with Crippen LogP contribution in [0.5, 0.6) is 5.75 Å². The highest BCUT2D eigenvalue weighted by atomic mass is 32.1. The summed E-state index contributed by atoms with van der Waals surface area (Å²) in [5.41, 5.74) is 1.23. The molecule has 0 saturated heterocycles. The van der Waals surface area contributed by atoms with Crippen LogP contribution in [0.3, 0.4) is 0 Å². The molecule has 23 heavy (non-hydrogen) atoms. The quantitative estimate of drug-likeness (QED) is 0.663. The summed E-state index contributed by atoms with van der Waals surface area (Å²) >= 11 is 1.60. The zero-order chi connectivity index (χ0) is 16.1. The second-order valence-electron chi connectivity index (χ2n) is 5.39. The van der Waals surface area contributed by atoms with E-state index in [0.29, 0.717) is 24.9 Å². The standard InChI is InChI=1S/C17H19N3O2S/c1-13-5-7-14(8-6-13)21-10-9-20(2)12-16-18-17(19-22-16)15-4-3-11-23-15/h3-8,11H,9-10,12H2,1-2H3. The SMILES string of the molecule is Cc1ccc(OCCN(C)Cc2nc(-c3cccs3)no2)cc1. The maximum atomic E-state index is 5.73. The van der Waals surface area contributed by atoms with E-state index in [-0.39, 0.29) is 0 Å². The number of nitrogens with zero attached hydrogens (tertiary/aromatic N) is 3. The average molecular weight is 329 g/mol. The summed E-state index contributed by atoms with van der Waals surface area (Å²) in [5.74, 6) is 2.16. The molecule has 1 aromatic carbocycles. The normalized spacial score (nSPS) is 11.1. The Balaban J connectivity index is 1.46. The number of aryl methyl sites for hydroxylation is 1. The number of likely N-dealkylation sites (N-methyl/N-ethyl adjacent to an activating group) is 1. The molecule has 0 bridgehead atoms. The lowest BCUT2D eigenvalue weighted by atomic mass is 10.2. The molecule has 6 heteroatoms. The van der Waals surface area contributed by atoms with Crippen molar-refractivity contribution >= 4 is 11.3 Å². The van der Waals surface area contributed by atoms with Crippen LogP contribution in [0, 0.1) is 6.92 Å². The van der Waals surface area contributed by atoms with Crippen LogP contribution in [0.25, 0.3) is 10.7 Å². The van der Waals surface area contributed by atoms with Gasteiger partial charge in [0.15, 0.2) is 0 Å². The molecule has 0 atom stereocenters. The second kappa shape index (κ2) is 7.39. The molecule has 5 nitrogen and oxygen atoms in total. The molecule has 2 heterocycles. The van der Waals surface area contributed by atoms with E-state index in [2.05, 4.69) is 22.0 Å². The first kappa shape index (κ1) is 15.7. The Labute approximate surface area is 139 Å². The van der Waals surface area contributed by atoms with Crippen molar-refractivity contribution in [2.24, 2.45) is 0 Å². The van der Waals surface area contributed by atoms with Gasteiger partial charge in [0.25, 0.3) is 0 Å². The van der Waals surface area contributed by atoms with Gasteiger partial charge in [-0.2, -0.15) is 4.98 Å². The molecule has 0 N–H and O–H groups in total. The zero-order valence-corrected chi connectivity index (χ0v) is 14.0. The summed E-state index contributed by atoms with van der Waals surface area (Å²) < 4.78 is 11.0. The summed E-state index contributed by atoms with van der Waals surface area (Å²) in [6, 6.07) is 12.0. The molecule has 0 fully saturated rings. The van der Waals surface area contributed by atoms with Crippen LogP contribution in [-0.4, -0.2) is 35.2 Å². The van der Waals surface area contributed by atoms with Gasteiger partial charge in [0.2, 0.25) is 11.7 Å². The van der Waals surface area contributed by atoms with Crippen molar-refractivity contribution in [3.05, 3.63) is 53.2 Å². The lowest BCUT2D eigenvalue weighted by Crippen LogP contribution is -2.24. The highest BCUT2D eigenvalue weighted by molar-refractivity contribution is 7.13. The Bertz CT molecular complexity index is 723. The van der Waals surface area contributed by atoms with Gasteiger partial charge in [-0.05, 0) is 37.6 Å². The Hall–Kier alpha value is -2.18. The van der Waals surface area contributed by atoms with Crippen LogP contribution in [0.4, 0.5) is 0 Å². The number of benzene rings is 1. The maximum Gasteiger partial charge on any atom is 0.241 e. The summed E-state index contributed by atoms with van der Waals surface area (Å²) in [4.78, 5) is 7.53. The minimum absolute atomic E-state index is 0.607. The van der Waals surface area contributed by atoms with Crippen molar-refractivity contribution in [2.45, 2.75) is 13.5 Å². The molecule has 3 aromatic rings. The third-order valence-corrected chi connectivity index (χ3v) is 4.24. The van der Waals surface area contributed by atoms with Crippen molar-refractivity contribution in [2.75, 3.05) is 20.2 Å². The second-order valence-corrected chi connectivity index (χ2v) is 6.34. The van der Waals surface area contributed by atoms with Crippen molar-refractivity contribution in [1.82, 2.24) is 15.0 Å². The van der Waals surface area contributed by atoms with Crippen molar-refractivity contribution < 1.29 is 9.26 Å². The van der Waals surface area contributed by atoms with E-state index in [0.717, 1.165) is 17.2 Å². The van der Waals surface area contributed by atoms with Gasteiger partial charge in [-0.1, -0.05) is 28.9 Å². The first-order valence-corrected chi connectivity index (χ1v) is 8.33. The molecule has 0 aliphatic heterocycles. The minimum atomic E-state index is 0.607. The molecule has 0 amide bonds. The molecule has 0 aliphatic carbocycles. The fraction of sp³-hybridized carbons (Fsp3) is 0.294. The molecule has 2 aromatic heterocycles. The number of thiophene rings is 1. The van der Waals surface area contributed by atoms with Gasteiger partial charge in [0.05, 0.1) is 11.4 Å². The summed E-state index contributed by atoms with van der Waals surface area (Å²) in [6.45, 7) is 4.07. The van der Waals surface area contributed by atoms with Crippen LogP contribution in [0.15, 0.2) is 46.3 Å². The predicted molar refractivity (Wildman–Crippen MR) is 90.6 cm³/mol. The van der Waals surface area contributed by atoms with Gasteiger partial charge in [0.1, 0.15) is 12.4 Å². The van der Waals surface area contributed by atoms with Crippen molar-refractivity contribution in [3.8, 4) is 16.5 Å². The van der Waals surface area contributed by atoms with Crippen LogP contribution in [-0.2, 0) is 6.54 Å². The lowest BCUT2D eigenvalue weighted by molar-refractivity contribution is 0.213. The highest BCUT2D eigenvalue weighted by Gasteiger charge is 2.11. The Kier molecular flexibility index (Phi) is 5.05. The van der Waals surface area contributed by atoms with E-state index in [4.69, 9.17) is 9.26 Å². The van der Waals surface area contributed by atoms with Crippen LogP contribution < -0.4 is 4.74 Å². The average Bonchev–Trinajstić information content (AvgIpc) is 3.20. The van der Waals surface area contributed by atoms with Gasteiger partial charge in [0, 0.05) is 6.54 Å². The number of ether oxygens (including phenoxy) is 1. The molecule has 0 spiro atoms. The van der Waals surface area contributed by atoms with Crippen LogP contribution >= 0.6 is 11.3 Å². The van der Waals surface area contributed by atoms with E-state index >= 15 is 0 Å². The summed E-state index contributed by atoms with van der Waals surface area (Å²) in [5, 5.41) is 6.01. The molecule has 0 saturated carbocycles. The minimum Gasteiger partial charge on any atom is -0.492 e. The van der Waals surface area contributed by atoms with Crippen LogP contribution in [0.1, 0.15) is 11.5 Å². The molecule has 0 aliphatic rings. The van der Waals surface area contributed by atoms with Gasteiger partial charge < -0.3 is 9.26 Å². The molecular formula is C17H19N3O2S. The van der Waals surface area contributed by atoms with Gasteiger partial charge in [-0.25, -0.2) is 0 Å². The third kappa shape index (κ3) is 4.40. The Morgan fingerprint density at radius 2 is 2.04 bits per heavy atom. The Morgan fingerprint density at radius 3 is 2.78 bits per heavy atom. The Morgan fingerprint density at radius 1 is 1.22 bits per heavy atom. The topological polar surface area (TPSA) is 51.4 Å². The first-order chi connectivity index (χ1) is 11.2. The number of aromatic nitrogens is 2. The van der Waals surface area contributed by atoms with Crippen molar-refractivity contribution in [3.63, 3.8) is 0 Å². The molecule has 120 valence electrons. The van der Waals surface area contributed by atoms with E-state index < -0.39 is 0 Å². The number of hydrogen-bond donors (Lipinski definition) is 0. The lowest BCUT2D eigenvalue weighted by Gasteiger charge is -2.14. The number of hydrogen-bond acceptors (Lipinski definition) is 6. The smallest absolute Gasteiger partial charge is 0.241 e. The van der Waals surface area contributed by atoms with Gasteiger partial charge in [-0.15, -0.1) is 11.3 Å². The van der Waals surface area contributed by atoms with E-state index in [1.54, 1.807) is 11.3 Å². The molecule has 0 unspecified atom stereocenters. The first-order valence-electron chi connectivity index (χ1n) is 7.45. The number of rotatable bonds is 7. The monoisotopic (exact) mass is 329 g/mol. The van der Waals surface area contributed by atoms with E-state index in [1.165, 1.54) is 5.56 Å². The maximum absolute atomic E-state index is 5.73. The fourth-order valence-electron chi connectivity index (χ4n) is 2.09. The summed E-state index contributed by atoms with van der Waals surface area (Å²) in [7, 11) is 2.01. The molecule has 0 radical (unpaired) electrons. The largest absolute Gasteiger partial charge is 0.492 e. The van der Waals surface area contributed by atoms with Gasteiger partial charge in [-0.3, -0.25) is 4.90 Å². The van der Waals surface area contributed by atoms with Gasteiger partial charge >= 0.3 is 0 Å².